The summed E-state index contributed by atoms with van der Waals surface area (Å²) < 4.78 is 0. The second kappa shape index (κ2) is 3.42. The SMILES string of the molecule is CC1C=CC(C(C)(C)OO)=CC1. The molecule has 0 aliphatic heterocycles. The van der Waals surface area contributed by atoms with Crippen LogP contribution in [0.5, 0.6) is 0 Å². The molecule has 1 aliphatic carbocycles. The first-order valence-electron chi connectivity index (χ1n) is 4.27. The van der Waals surface area contributed by atoms with Crippen LogP contribution in [0, 0.1) is 5.92 Å². The van der Waals surface area contributed by atoms with E-state index in [1.54, 1.807) is 0 Å². The lowest BCUT2D eigenvalue weighted by Gasteiger charge is -2.24. The summed E-state index contributed by atoms with van der Waals surface area (Å²) >= 11 is 0. The zero-order chi connectivity index (χ0) is 9.19. The minimum atomic E-state index is -0.573. The van der Waals surface area contributed by atoms with E-state index in [-0.39, 0.29) is 0 Å². The van der Waals surface area contributed by atoms with Crippen molar-refractivity contribution in [2.75, 3.05) is 0 Å². The highest BCUT2D eigenvalue weighted by Crippen LogP contribution is 2.26. The van der Waals surface area contributed by atoms with Crippen molar-refractivity contribution in [3.8, 4) is 0 Å². The Morgan fingerprint density at radius 3 is 2.67 bits per heavy atom. The maximum Gasteiger partial charge on any atom is 0.122 e. The van der Waals surface area contributed by atoms with Crippen LogP contribution in [0.25, 0.3) is 0 Å². The first-order chi connectivity index (χ1) is 5.56. The molecule has 1 N–H and O–H groups in total. The third-order valence-corrected chi connectivity index (χ3v) is 2.24. The Morgan fingerprint density at radius 1 is 1.58 bits per heavy atom. The zero-order valence-electron chi connectivity index (χ0n) is 7.87. The normalized spacial score (nSPS) is 24.0. The predicted molar refractivity (Wildman–Crippen MR) is 48.8 cm³/mol. The summed E-state index contributed by atoms with van der Waals surface area (Å²) in [6.45, 7) is 5.86. The van der Waals surface area contributed by atoms with Crippen molar-refractivity contribution in [3.63, 3.8) is 0 Å². The summed E-state index contributed by atoms with van der Waals surface area (Å²) in [6, 6.07) is 0. The topological polar surface area (TPSA) is 29.5 Å². The van der Waals surface area contributed by atoms with Gasteiger partial charge in [0.25, 0.3) is 0 Å². The lowest BCUT2D eigenvalue weighted by molar-refractivity contribution is -0.299. The van der Waals surface area contributed by atoms with Crippen molar-refractivity contribution in [2.45, 2.75) is 32.8 Å². The molecular formula is C10H16O2. The van der Waals surface area contributed by atoms with Gasteiger partial charge >= 0.3 is 0 Å². The number of hydrogen-bond donors (Lipinski definition) is 1. The molecule has 0 radical (unpaired) electrons. The molecule has 1 atom stereocenters. The van der Waals surface area contributed by atoms with Gasteiger partial charge in [-0.25, -0.2) is 4.89 Å². The monoisotopic (exact) mass is 168 g/mol. The maximum atomic E-state index is 8.64. The minimum Gasteiger partial charge on any atom is -0.251 e. The highest BCUT2D eigenvalue weighted by molar-refractivity contribution is 5.30. The van der Waals surface area contributed by atoms with Gasteiger partial charge < -0.3 is 0 Å². The van der Waals surface area contributed by atoms with Crippen LogP contribution in [0.4, 0.5) is 0 Å². The van der Waals surface area contributed by atoms with Crippen LogP contribution in [-0.2, 0) is 4.89 Å². The predicted octanol–water partition coefficient (Wildman–Crippen LogP) is 2.78. The number of rotatable bonds is 2. The Morgan fingerprint density at radius 2 is 2.25 bits per heavy atom. The van der Waals surface area contributed by atoms with E-state index in [0.717, 1.165) is 12.0 Å². The Hall–Kier alpha value is -0.600. The number of allylic oxidation sites excluding steroid dienone is 2. The number of hydrogen-bond acceptors (Lipinski definition) is 2. The van der Waals surface area contributed by atoms with E-state index < -0.39 is 5.60 Å². The van der Waals surface area contributed by atoms with Crippen LogP contribution < -0.4 is 0 Å². The Bertz CT molecular complexity index is 214. The fraction of sp³-hybridized carbons (Fsp3) is 0.600. The summed E-state index contributed by atoms with van der Waals surface area (Å²) in [6.07, 6.45) is 7.29. The average molecular weight is 168 g/mol. The van der Waals surface area contributed by atoms with Gasteiger partial charge in [0.2, 0.25) is 0 Å². The van der Waals surface area contributed by atoms with Crippen LogP contribution in [0.3, 0.4) is 0 Å². The fourth-order valence-corrected chi connectivity index (χ4v) is 1.23. The lowest BCUT2D eigenvalue weighted by atomic mass is 9.89. The summed E-state index contributed by atoms with van der Waals surface area (Å²) in [5, 5.41) is 8.64. The van der Waals surface area contributed by atoms with Gasteiger partial charge in [-0.05, 0) is 31.8 Å². The smallest absolute Gasteiger partial charge is 0.122 e. The van der Waals surface area contributed by atoms with E-state index in [1.165, 1.54) is 0 Å². The highest BCUT2D eigenvalue weighted by atomic mass is 17.1. The van der Waals surface area contributed by atoms with Crippen LogP contribution in [0.2, 0.25) is 0 Å². The third-order valence-electron chi connectivity index (χ3n) is 2.24. The summed E-state index contributed by atoms with van der Waals surface area (Å²) in [7, 11) is 0. The molecule has 1 aliphatic rings. The van der Waals surface area contributed by atoms with E-state index in [2.05, 4.69) is 24.0 Å². The van der Waals surface area contributed by atoms with Crippen LogP contribution in [0.15, 0.2) is 23.8 Å². The van der Waals surface area contributed by atoms with Crippen molar-refractivity contribution in [3.05, 3.63) is 23.8 Å². The maximum absolute atomic E-state index is 8.64. The quantitative estimate of drug-likeness (QED) is 0.507. The summed E-state index contributed by atoms with van der Waals surface area (Å²) in [5.74, 6) is 0.600. The van der Waals surface area contributed by atoms with Crippen LogP contribution >= 0.6 is 0 Å². The molecule has 2 nitrogen and oxygen atoms in total. The van der Waals surface area contributed by atoms with Crippen LogP contribution in [-0.4, -0.2) is 10.9 Å². The second-order valence-corrected chi connectivity index (χ2v) is 3.83. The molecule has 0 aromatic heterocycles. The molecule has 0 amide bonds. The molecule has 12 heavy (non-hydrogen) atoms. The summed E-state index contributed by atoms with van der Waals surface area (Å²) in [5.41, 5.74) is 0.472. The molecule has 0 spiro atoms. The van der Waals surface area contributed by atoms with E-state index in [9.17, 15) is 0 Å². The minimum absolute atomic E-state index is 0.573. The molecule has 68 valence electrons. The van der Waals surface area contributed by atoms with E-state index >= 15 is 0 Å². The first kappa shape index (κ1) is 9.49. The molecule has 0 fully saturated rings. The second-order valence-electron chi connectivity index (χ2n) is 3.83. The Kier molecular flexibility index (Phi) is 2.70. The van der Waals surface area contributed by atoms with Gasteiger partial charge in [0.1, 0.15) is 5.60 Å². The molecule has 1 rings (SSSR count). The largest absolute Gasteiger partial charge is 0.251 e. The van der Waals surface area contributed by atoms with Gasteiger partial charge in [-0.3, -0.25) is 5.26 Å². The van der Waals surface area contributed by atoms with Crippen molar-refractivity contribution in [1.29, 1.82) is 0 Å². The molecule has 2 heteroatoms. The Balaban J connectivity index is 2.72. The zero-order valence-corrected chi connectivity index (χ0v) is 7.87. The van der Waals surface area contributed by atoms with Gasteiger partial charge in [0.05, 0.1) is 0 Å². The summed E-state index contributed by atoms with van der Waals surface area (Å²) in [4.78, 5) is 4.39. The van der Waals surface area contributed by atoms with Crippen molar-refractivity contribution in [2.24, 2.45) is 5.92 Å². The van der Waals surface area contributed by atoms with E-state index in [0.29, 0.717) is 5.92 Å². The van der Waals surface area contributed by atoms with E-state index in [1.807, 2.05) is 19.9 Å². The van der Waals surface area contributed by atoms with Crippen LogP contribution in [0.1, 0.15) is 27.2 Å². The highest BCUT2D eigenvalue weighted by Gasteiger charge is 2.23. The van der Waals surface area contributed by atoms with Gasteiger partial charge in [0.15, 0.2) is 0 Å². The van der Waals surface area contributed by atoms with Gasteiger partial charge in [-0.15, -0.1) is 0 Å². The Labute approximate surface area is 73.5 Å². The van der Waals surface area contributed by atoms with Gasteiger partial charge in [0, 0.05) is 0 Å². The first-order valence-corrected chi connectivity index (χ1v) is 4.27. The standard InChI is InChI=1S/C10H16O2/c1-8-4-6-9(7-5-8)10(2,3)12-11/h4,6-8,11H,5H2,1-3H3. The molecule has 1 unspecified atom stereocenters. The molecule has 0 bridgehead atoms. The van der Waals surface area contributed by atoms with Crippen molar-refractivity contribution >= 4 is 0 Å². The molecule has 0 aromatic rings. The van der Waals surface area contributed by atoms with Gasteiger partial charge in [-0.2, -0.15) is 0 Å². The molecule has 0 heterocycles. The van der Waals surface area contributed by atoms with E-state index in [4.69, 9.17) is 5.26 Å². The molecule has 0 saturated heterocycles. The average Bonchev–Trinajstić information content (AvgIpc) is 2.05. The lowest BCUT2D eigenvalue weighted by Crippen LogP contribution is -2.25. The molecule has 0 aromatic carbocycles. The molecule has 0 saturated carbocycles. The molecular weight excluding hydrogens is 152 g/mol. The third kappa shape index (κ3) is 1.96. The van der Waals surface area contributed by atoms with Crippen molar-refractivity contribution < 1.29 is 10.1 Å². The van der Waals surface area contributed by atoms with Crippen molar-refractivity contribution in [1.82, 2.24) is 0 Å². The van der Waals surface area contributed by atoms with Gasteiger partial charge in [-0.1, -0.05) is 25.2 Å². The fourth-order valence-electron chi connectivity index (χ4n) is 1.23.